The quantitative estimate of drug-likeness (QED) is 0.558. The van der Waals surface area contributed by atoms with Gasteiger partial charge < -0.3 is 19.3 Å². The lowest BCUT2D eigenvalue weighted by Crippen LogP contribution is -2.41. The van der Waals surface area contributed by atoms with E-state index in [2.05, 4.69) is 53.7 Å². The van der Waals surface area contributed by atoms with E-state index in [1.165, 1.54) is 11.1 Å². The minimum absolute atomic E-state index is 0.110. The number of hydrogen-bond acceptors (Lipinski definition) is 4. The molecule has 0 saturated carbocycles. The number of morpholine rings is 2. The number of carbonyl (C=O) groups is 2. The predicted octanol–water partition coefficient (Wildman–Crippen LogP) is 5.22. The van der Waals surface area contributed by atoms with Crippen LogP contribution in [0.3, 0.4) is 0 Å². The largest absolute Gasteiger partial charge is 0.378 e. The van der Waals surface area contributed by atoms with Crippen molar-refractivity contribution in [1.29, 1.82) is 0 Å². The Balaban J connectivity index is 0.000000206. The minimum atomic E-state index is 0.110. The molecule has 0 N–H and O–H groups in total. The highest BCUT2D eigenvalue weighted by Gasteiger charge is 2.22. The van der Waals surface area contributed by atoms with Gasteiger partial charge in [-0.3, -0.25) is 9.59 Å². The van der Waals surface area contributed by atoms with Crippen molar-refractivity contribution in [1.82, 2.24) is 9.80 Å². The van der Waals surface area contributed by atoms with E-state index in [4.69, 9.17) is 9.47 Å². The van der Waals surface area contributed by atoms with Gasteiger partial charge in [0.05, 0.1) is 26.4 Å². The van der Waals surface area contributed by atoms with Crippen LogP contribution in [0.5, 0.6) is 0 Å². The SMILES string of the molecule is CC(C)(C)c1ccc(C(=O)N2CCOCC2)cc1.Cc1cc(C(C)(C)C)ccc1C(=O)N1CCOCC1. The van der Waals surface area contributed by atoms with Gasteiger partial charge in [-0.25, -0.2) is 0 Å². The Morgan fingerprint density at radius 3 is 1.51 bits per heavy atom. The third-order valence-corrected chi connectivity index (χ3v) is 6.92. The third-order valence-electron chi connectivity index (χ3n) is 6.92. The van der Waals surface area contributed by atoms with Crippen LogP contribution in [0.25, 0.3) is 0 Å². The predicted molar refractivity (Wildman–Crippen MR) is 148 cm³/mol. The van der Waals surface area contributed by atoms with Gasteiger partial charge in [-0.15, -0.1) is 0 Å². The molecular formula is C31H44N2O4. The number of benzene rings is 2. The van der Waals surface area contributed by atoms with Crippen molar-refractivity contribution >= 4 is 11.8 Å². The molecule has 2 aromatic carbocycles. The maximum Gasteiger partial charge on any atom is 0.254 e. The monoisotopic (exact) mass is 508 g/mol. The van der Waals surface area contributed by atoms with Crippen molar-refractivity contribution in [2.75, 3.05) is 52.6 Å². The Morgan fingerprint density at radius 1 is 0.649 bits per heavy atom. The molecule has 0 spiro atoms. The first kappa shape index (κ1) is 28.9. The molecule has 202 valence electrons. The van der Waals surface area contributed by atoms with Crippen LogP contribution in [0, 0.1) is 6.92 Å². The van der Waals surface area contributed by atoms with Crippen molar-refractivity contribution in [3.8, 4) is 0 Å². The van der Waals surface area contributed by atoms with Crippen LogP contribution in [0.1, 0.15) is 78.9 Å². The number of ether oxygens (including phenoxy) is 2. The maximum atomic E-state index is 12.5. The molecule has 0 aliphatic carbocycles. The van der Waals surface area contributed by atoms with E-state index in [0.717, 1.165) is 16.7 Å². The molecule has 37 heavy (non-hydrogen) atoms. The number of rotatable bonds is 2. The van der Waals surface area contributed by atoms with Crippen LogP contribution in [-0.2, 0) is 20.3 Å². The summed E-state index contributed by atoms with van der Waals surface area (Å²) in [6, 6.07) is 14.1. The van der Waals surface area contributed by atoms with Crippen LogP contribution < -0.4 is 0 Å². The van der Waals surface area contributed by atoms with E-state index in [1.807, 2.05) is 47.1 Å². The Morgan fingerprint density at radius 2 is 1.08 bits per heavy atom. The summed E-state index contributed by atoms with van der Waals surface area (Å²) in [5, 5.41) is 0. The van der Waals surface area contributed by atoms with Gasteiger partial charge in [0.15, 0.2) is 0 Å². The van der Waals surface area contributed by atoms with E-state index in [0.29, 0.717) is 52.6 Å². The fraction of sp³-hybridized carbons (Fsp3) is 0.548. The van der Waals surface area contributed by atoms with Gasteiger partial charge in [-0.1, -0.05) is 65.8 Å². The summed E-state index contributed by atoms with van der Waals surface area (Å²) in [5.74, 6) is 0.236. The summed E-state index contributed by atoms with van der Waals surface area (Å²) < 4.78 is 10.5. The number of nitrogens with zero attached hydrogens (tertiary/aromatic N) is 2. The molecule has 4 rings (SSSR count). The molecule has 0 unspecified atom stereocenters. The second-order valence-electron chi connectivity index (χ2n) is 11.9. The van der Waals surface area contributed by atoms with Gasteiger partial charge in [0, 0.05) is 37.3 Å². The molecule has 2 heterocycles. The molecule has 6 nitrogen and oxygen atoms in total. The molecular weight excluding hydrogens is 464 g/mol. The van der Waals surface area contributed by atoms with Gasteiger partial charge in [0.2, 0.25) is 0 Å². The second-order valence-corrected chi connectivity index (χ2v) is 11.9. The molecule has 2 aliphatic rings. The second kappa shape index (κ2) is 12.2. The molecule has 2 aromatic rings. The summed E-state index contributed by atoms with van der Waals surface area (Å²) in [6.07, 6.45) is 0. The van der Waals surface area contributed by atoms with Gasteiger partial charge in [-0.2, -0.15) is 0 Å². The van der Waals surface area contributed by atoms with E-state index in [-0.39, 0.29) is 22.6 Å². The standard InChI is InChI=1S/C16H23NO2.C15H21NO2/c1-12-11-13(16(2,3)4)5-6-14(12)15(18)17-7-9-19-10-8-17;1-15(2,3)13-6-4-12(5-7-13)14(17)16-8-10-18-11-9-16/h5-6,11H,7-10H2,1-4H3;4-7H,8-11H2,1-3H3. The zero-order valence-corrected chi connectivity index (χ0v) is 23.7. The molecule has 6 heteroatoms. The van der Waals surface area contributed by atoms with Crippen molar-refractivity contribution in [3.63, 3.8) is 0 Å². The summed E-state index contributed by atoms with van der Waals surface area (Å²) >= 11 is 0. The molecule has 0 bridgehead atoms. The highest BCUT2D eigenvalue weighted by molar-refractivity contribution is 5.96. The van der Waals surface area contributed by atoms with Crippen molar-refractivity contribution < 1.29 is 19.1 Å². The topological polar surface area (TPSA) is 59.1 Å². The normalized spacial score (nSPS) is 16.6. The van der Waals surface area contributed by atoms with Crippen molar-refractivity contribution in [2.24, 2.45) is 0 Å². The third kappa shape index (κ3) is 7.89. The van der Waals surface area contributed by atoms with E-state index in [1.54, 1.807) is 0 Å². The summed E-state index contributed by atoms with van der Waals surface area (Å²) in [4.78, 5) is 28.4. The Bertz CT molecular complexity index is 1050. The molecule has 2 fully saturated rings. The lowest BCUT2D eigenvalue weighted by atomic mass is 9.85. The van der Waals surface area contributed by atoms with E-state index >= 15 is 0 Å². The van der Waals surface area contributed by atoms with Gasteiger partial charge >= 0.3 is 0 Å². The Kier molecular flexibility index (Phi) is 9.54. The fourth-order valence-corrected chi connectivity index (χ4v) is 4.37. The van der Waals surface area contributed by atoms with Crippen molar-refractivity contribution in [3.05, 3.63) is 70.3 Å². The first-order valence-corrected chi connectivity index (χ1v) is 13.3. The fourth-order valence-electron chi connectivity index (χ4n) is 4.37. The molecule has 2 aliphatic heterocycles. The van der Waals surface area contributed by atoms with Crippen molar-refractivity contribution in [2.45, 2.75) is 59.3 Å². The van der Waals surface area contributed by atoms with Crippen LogP contribution in [0.2, 0.25) is 0 Å². The molecule has 0 radical (unpaired) electrons. The van der Waals surface area contributed by atoms with E-state index in [9.17, 15) is 9.59 Å². The Hall–Kier alpha value is -2.70. The molecule has 2 saturated heterocycles. The van der Waals surface area contributed by atoms with Crippen LogP contribution in [0.4, 0.5) is 0 Å². The lowest BCUT2D eigenvalue weighted by molar-refractivity contribution is 0.0301. The number of carbonyl (C=O) groups excluding carboxylic acids is 2. The zero-order valence-electron chi connectivity index (χ0n) is 23.7. The van der Waals surface area contributed by atoms with E-state index < -0.39 is 0 Å². The first-order valence-electron chi connectivity index (χ1n) is 13.3. The summed E-state index contributed by atoms with van der Waals surface area (Å²) in [7, 11) is 0. The van der Waals surface area contributed by atoms with Crippen LogP contribution in [-0.4, -0.2) is 74.2 Å². The van der Waals surface area contributed by atoms with Crippen LogP contribution in [0.15, 0.2) is 42.5 Å². The average Bonchev–Trinajstić information content (AvgIpc) is 2.88. The van der Waals surface area contributed by atoms with Crippen LogP contribution >= 0.6 is 0 Å². The summed E-state index contributed by atoms with van der Waals surface area (Å²) in [6.45, 7) is 20.4. The number of hydrogen-bond donors (Lipinski definition) is 0. The molecule has 0 aromatic heterocycles. The lowest BCUT2D eigenvalue weighted by Gasteiger charge is -2.28. The smallest absolute Gasteiger partial charge is 0.254 e. The average molecular weight is 509 g/mol. The first-order chi connectivity index (χ1) is 17.4. The zero-order chi connectivity index (χ0) is 27.2. The highest BCUT2D eigenvalue weighted by Crippen LogP contribution is 2.25. The summed E-state index contributed by atoms with van der Waals surface area (Å²) in [5.41, 5.74) is 5.40. The number of aryl methyl sites for hydroxylation is 1. The van der Waals surface area contributed by atoms with Gasteiger partial charge in [0.1, 0.15) is 0 Å². The highest BCUT2D eigenvalue weighted by atomic mass is 16.5. The molecule has 2 amide bonds. The molecule has 0 atom stereocenters. The Labute approximate surface area is 222 Å². The van der Waals surface area contributed by atoms with Gasteiger partial charge in [0.25, 0.3) is 11.8 Å². The number of amides is 2. The maximum absolute atomic E-state index is 12.5. The van der Waals surface area contributed by atoms with Gasteiger partial charge in [-0.05, 0) is 52.6 Å². The minimum Gasteiger partial charge on any atom is -0.378 e.